The number of hydrogen-bond acceptors (Lipinski definition) is 4. The molecular weight excluding hydrogens is 182 g/mol. The molecule has 3 N–H and O–H groups in total. The molecule has 1 aromatic heterocycles. The van der Waals surface area contributed by atoms with Gasteiger partial charge in [0.25, 0.3) is 0 Å². The summed E-state index contributed by atoms with van der Waals surface area (Å²) in [6, 6.07) is 2.87. The first-order valence-electron chi connectivity index (χ1n) is 4.10. The molecule has 0 aliphatic heterocycles. The van der Waals surface area contributed by atoms with Crippen molar-refractivity contribution in [2.24, 2.45) is 0 Å². The molecule has 14 heavy (non-hydrogen) atoms. The lowest BCUT2D eigenvalue weighted by atomic mass is 10.1. The number of benzene rings is 1. The van der Waals surface area contributed by atoms with Gasteiger partial charge in [-0.25, -0.2) is 0 Å². The van der Waals surface area contributed by atoms with Gasteiger partial charge in [-0.05, 0) is 19.1 Å². The molecule has 0 radical (unpaired) electrons. The predicted molar refractivity (Wildman–Crippen MR) is 51.5 cm³/mol. The molecule has 0 aliphatic rings. The molecule has 1 aromatic carbocycles. The van der Waals surface area contributed by atoms with E-state index in [2.05, 4.69) is 4.98 Å². The third-order valence-corrected chi connectivity index (χ3v) is 2.18. The van der Waals surface area contributed by atoms with E-state index in [4.69, 9.17) is 0 Å². The van der Waals surface area contributed by atoms with Crippen LogP contribution in [0.4, 0.5) is 0 Å². The van der Waals surface area contributed by atoms with Gasteiger partial charge in [-0.2, -0.15) is 0 Å². The summed E-state index contributed by atoms with van der Waals surface area (Å²) >= 11 is 0. The Balaban J connectivity index is 2.94. The molecule has 72 valence electrons. The first kappa shape index (κ1) is 8.62. The fourth-order valence-electron chi connectivity index (χ4n) is 1.35. The molecule has 0 atom stereocenters. The van der Waals surface area contributed by atoms with E-state index in [-0.39, 0.29) is 17.2 Å². The fourth-order valence-corrected chi connectivity index (χ4v) is 1.35. The molecule has 4 heteroatoms. The van der Waals surface area contributed by atoms with Gasteiger partial charge < -0.3 is 15.3 Å². The largest absolute Gasteiger partial charge is 0.505 e. The molecule has 2 aromatic rings. The smallest absolute Gasteiger partial charge is 0.167 e. The Kier molecular flexibility index (Phi) is 1.70. The summed E-state index contributed by atoms with van der Waals surface area (Å²) in [5.74, 6) is -0.453. The van der Waals surface area contributed by atoms with Gasteiger partial charge in [-0.1, -0.05) is 0 Å². The molecule has 0 spiro atoms. The van der Waals surface area contributed by atoms with Crippen molar-refractivity contribution in [1.82, 2.24) is 4.98 Å². The number of hydrogen-bond donors (Lipinski definition) is 3. The average Bonchev–Trinajstić information content (AvgIpc) is 2.17. The van der Waals surface area contributed by atoms with E-state index in [1.807, 2.05) is 0 Å². The van der Waals surface area contributed by atoms with Crippen LogP contribution < -0.4 is 0 Å². The summed E-state index contributed by atoms with van der Waals surface area (Å²) in [6.07, 6.45) is 1.42. The van der Waals surface area contributed by atoms with Crippen molar-refractivity contribution in [3.05, 3.63) is 24.0 Å². The van der Waals surface area contributed by atoms with Gasteiger partial charge in [0, 0.05) is 17.0 Å². The molecule has 2 rings (SSSR count). The highest BCUT2D eigenvalue weighted by molar-refractivity contribution is 5.94. The Morgan fingerprint density at radius 2 is 1.71 bits per heavy atom. The molecule has 0 fully saturated rings. The second-order valence-corrected chi connectivity index (χ2v) is 3.09. The summed E-state index contributed by atoms with van der Waals surface area (Å²) in [7, 11) is 0. The van der Waals surface area contributed by atoms with Gasteiger partial charge in [-0.15, -0.1) is 0 Å². The summed E-state index contributed by atoms with van der Waals surface area (Å²) in [6.45, 7) is 1.67. The molecular formula is C10H9NO3. The Bertz CT molecular complexity index is 461. The third kappa shape index (κ3) is 1.04. The maximum Gasteiger partial charge on any atom is 0.167 e. The zero-order valence-electron chi connectivity index (χ0n) is 7.52. The van der Waals surface area contributed by atoms with E-state index < -0.39 is 0 Å². The van der Waals surface area contributed by atoms with Crippen LogP contribution in [0.1, 0.15) is 5.69 Å². The highest BCUT2D eigenvalue weighted by atomic mass is 16.3. The maximum atomic E-state index is 9.62. The average molecular weight is 191 g/mol. The molecule has 0 aliphatic carbocycles. The van der Waals surface area contributed by atoms with E-state index in [1.165, 1.54) is 18.3 Å². The zero-order chi connectivity index (χ0) is 10.3. The van der Waals surface area contributed by atoms with Crippen LogP contribution in [-0.2, 0) is 0 Å². The van der Waals surface area contributed by atoms with Crippen molar-refractivity contribution in [3.8, 4) is 17.2 Å². The van der Waals surface area contributed by atoms with Crippen LogP contribution in [0.2, 0.25) is 0 Å². The van der Waals surface area contributed by atoms with Crippen molar-refractivity contribution in [2.75, 3.05) is 0 Å². The molecule has 4 nitrogen and oxygen atoms in total. The van der Waals surface area contributed by atoms with Crippen LogP contribution >= 0.6 is 0 Å². The van der Waals surface area contributed by atoms with Gasteiger partial charge in [0.05, 0.1) is 5.69 Å². The fraction of sp³-hybridized carbons (Fsp3) is 0.100. The molecule has 0 saturated heterocycles. The Morgan fingerprint density at radius 1 is 1.00 bits per heavy atom. The van der Waals surface area contributed by atoms with Gasteiger partial charge >= 0.3 is 0 Å². The number of aromatic nitrogens is 1. The van der Waals surface area contributed by atoms with E-state index in [0.29, 0.717) is 16.5 Å². The predicted octanol–water partition coefficient (Wildman–Crippen LogP) is 1.66. The highest BCUT2D eigenvalue weighted by Gasteiger charge is 2.10. The number of fused-ring (bicyclic) bond motifs is 1. The first-order chi connectivity index (χ1) is 6.61. The molecule has 0 amide bonds. The number of aromatic hydroxyl groups is 3. The number of phenolic OH excluding ortho intramolecular Hbond substituents is 2. The van der Waals surface area contributed by atoms with Crippen molar-refractivity contribution in [1.29, 1.82) is 0 Å². The minimum Gasteiger partial charge on any atom is -0.505 e. The normalized spacial score (nSPS) is 10.6. The van der Waals surface area contributed by atoms with Gasteiger partial charge in [-0.3, -0.25) is 4.98 Å². The first-order valence-corrected chi connectivity index (χ1v) is 4.10. The van der Waals surface area contributed by atoms with Crippen molar-refractivity contribution >= 4 is 10.8 Å². The molecule has 0 unspecified atom stereocenters. The molecule has 0 bridgehead atoms. The van der Waals surface area contributed by atoms with Crippen LogP contribution in [0.5, 0.6) is 17.2 Å². The van der Waals surface area contributed by atoms with E-state index in [1.54, 1.807) is 6.92 Å². The summed E-state index contributed by atoms with van der Waals surface area (Å²) in [5.41, 5.74) is 0.489. The Morgan fingerprint density at radius 3 is 2.43 bits per heavy atom. The standard InChI is InChI=1S/C10H9NO3/c1-5-9(13)6-2-3-8(12)10(14)7(6)4-11-5/h2-4,12-14H,1H3. The van der Waals surface area contributed by atoms with Gasteiger partial charge in [0.1, 0.15) is 5.75 Å². The lowest BCUT2D eigenvalue weighted by Crippen LogP contribution is -1.84. The van der Waals surface area contributed by atoms with Gasteiger partial charge in [0.2, 0.25) is 0 Å². The van der Waals surface area contributed by atoms with Crippen LogP contribution in [0.15, 0.2) is 18.3 Å². The molecule has 0 saturated carbocycles. The maximum absolute atomic E-state index is 9.62. The zero-order valence-corrected chi connectivity index (χ0v) is 7.52. The topological polar surface area (TPSA) is 73.6 Å². The molecule has 1 heterocycles. The van der Waals surface area contributed by atoms with E-state index in [9.17, 15) is 15.3 Å². The summed E-state index contributed by atoms with van der Waals surface area (Å²) in [4.78, 5) is 3.89. The van der Waals surface area contributed by atoms with Crippen molar-refractivity contribution in [3.63, 3.8) is 0 Å². The number of aryl methyl sites for hydroxylation is 1. The second kappa shape index (κ2) is 2.77. The summed E-state index contributed by atoms with van der Waals surface area (Å²) < 4.78 is 0. The minimum atomic E-state index is -0.259. The monoisotopic (exact) mass is 191 g/mol. The number of phenols is 2. The van der Waals surface area contributed by atoms with Crippen molar-refractivity contribution in [2.45, 2.75) is 6.92 Å². The number of rotatable bonds is 0. The number of nitrogens with zero attached hydrogens (tertiary/aromatic N) is 1. The van der Waals surface area contributed by atoms with Crippen molar-refractivity contribution < 1.29 is 15.3 Å². The highest BCUT2D eigenvalue weighted by Crippen LogP contribution is 2.37. The quantitative estimate of drug-likeness (QED) is 0.553. The van der Waals surface area contributed by atoms with Crippen LogP contribution in [0.3, 0.4) is 0 Å². The second-order valence-electron chi connectivity index (χ2n) is 3.09. The van der Waals surface area contributed by atoms with Crippen LogP contribution in [-0.4, -0.2) is 20.3 Å². The van der Waals surface area contributed by atoms with E-state index in [0.717, 1.165) is 0 Å². The summed E-state index contributed by atoms with van der Waals surface area (Å²) in [5, 5.41) is 29.1. The Labute approximate surface area is 80.1 Å². The van der Waals surface area contributed by atoms with E-state index >= 15 is 0 Å². The SMILES string of the molecule is Cc1ncc2c(O)c(O)ccc2c1O. The van der Waals surface area contributed by atoms with Gasteiger partial charge in [0.15, 0.2) is 11.5 Å². The Hall–Kier alpha value is -1.97. The third-order valence-electron chi connectivity index (χ3n) is 2.18. The van der Waals surface area contributed by atoms with Crippen LogP contribution in [0, 0.1) is 6.92 Å². The lowest BCUT2D eigenvalue weighted by Gasteiger charge is -2.05. The van der Waals surface area contributed by atoms with Crippen LogP contribution in [0.25, 0.3) is 10.8 Å². The minimum absolute atomic E-state index is 0.0257. The lowest BCUT2D eigenvalue weighted by molar-refractivity contribution is 0.407. The number of pyridine rings is 1.